The molecule has 0 spiro atoms. The largest absolute Gasteiger partial charge is 0.348 e. The Kier molecular flexibility index (Phi) is 5.24. The standard InChI is InChI=1S/C21H23N3/c1-17(22)20-12-13-23-21(14-20)24(15-18-8-4-2-5-9-18)16-19-10-6-3-7-11-19/h2-14,17H,15-16,22H2,1H3. The van der Waals surface area contributed by atoms with Crippen molar-refractivity contribution in [2.24, 2.45) is 5.73 Å². The normalized spacial score (nSPS) is 11.9. The fourth-order valence-corrected chi connectivity index (χ4v) is 2.72. The molecule has 2 N–H and O–H groups in total. The van der Waals surface area contributed by atoms with E-state index in [9.17, 15) is 0 Å². The second-order valence-corrected chi connectivity index (χ2v) is 6.06. The summed E-state index contributed by atoms with van der Waals surface area (Å²) in [6.07, 6.45) is 1.84. The maximum Gasteiger partial charge on any atom is 0.129 e. The van der Waals surface area contributed by atoms with E-state index >= 15 is 0 Å². The zero-order valence-corrected chi connectivity index (χ0v) is 14.0. The van der Waals surface area contributed by atoms with Crippen LogP contribution in [0, 0.1) is 0 Å². The van der Waals surface area contributed by atoms with Gasteiger partial charge < -0.3 is 10.6 Å². The van der Waals surface area contributed by atoms with Gasteiger partial charge in [-0.25, -0.2) is 4.98 Å². The highest BCUT2D eigenvalue weighted by Crippen LogP contribution is 2.21. The van der Waals surface area contributed by atoms with E-state index in [-0.39, 0.29) is 6.04 Å². The van der Waals surface area contributed by atoms with Crippen molar-refractivity contribution in [3.05, 3.63) is 95.7 Å². The van der Waals surface area contributed by atoms with Crippen molar-refractivity contribution in [1.82, 2.24) is 4.98 Å². The minimum Gasteiger partial charge on any atom is -0.348 e. The van der Waals surface area contributed by atoms with E-state index in [4.69, 9.17) is 5.73 Å². The first kappa shape index (κ1) is 16.2. The zero-order chi connectivity index (χ0) is 16.8. The van der Waals surface area contributed by atoms with Gasteiger partial charge in [0.25, 0.3) is 0 Å². The molecule has 0 saturated carbocycles. The Morgan fingerprint density at radius 2 is 1.42 bits per heavy atom. The van der Waals surface area contributed by atoms with E-state index in [2.05, 4.69) is 64.5 Å². The van der Waals surface area contributed by atoms with Crippen LogP contribution in [0.2, 0.25) is 0 Å². The number of benzene rings is 2. The molecule has 3 nitrogen and oxygen atoms in total. The lowest BCUT2D eigenvalue weighted by atomic mass is 10.1. The summed E-state index contributed by atoms with van der Waals surface area (Å²) in [5.74, 6) is 0.956. The van der Waals surface area contributed by atoms with Crippen LogP contribution in [0.3, 0.4) is 0 Å². The van der Waals surface area contributed by atoms with Crippen molar-refractivity contribution < 1.29 is 0 Å². The van der Waals surface area contributed by atoms with Crippen LogP contribution in [-0.2, 0) is 13.1 Å². The van der Waals surface area contributed by atoms with Gasteiger partial charge in [0.05, 0.1) is 0 Å². The number of rotatable bonds is 6. The summed E-state index contributed by atoms with van der Waals surface area (Å²) in [6, 6.07) is 25.0. The lowest BCUT2D eigenvalue weighted by Crippen LogP contribution is -2.23. The third-order valence-corrected chi connectivity index (χ3v) is 4.05. The van der Waals surface area contributed by atoms with Crippen LogP contribution in [-0.4, -0.2) is 4.98 Å². The highest BCUT2D eigenvalue weighted by molar-refractivity contribution is 5.43. The summed E-state index contributed by atoms with van der Waals surface area (Å²) in [6.45, 7) is 3.62. The molecule has 0 amide bonds. The average Bonchev–Trinajstić information content (AvgIpc) is 2.63. The molecule has 3 rings (SSSR count). The topological polar surface area (TPSA) is 42.1 Å². The number of aromatic nitrogens is 1. The van der Waals surface area contributed by atoms with Gasteiger partial charge in [-0.05, 0) is 35.7 Å². The smallest absolute Gasteiger partial charge is 0.129 e. The number of pyridine rings is 1. The molecule has 1 aromatic heterocycles. The molecule has 0 aliphatic heterocycles. The Balaban J connectivity index is 1.90. The Labute approximate surface area is 143 Å². The van der Waals surface area contributed by atoms with Crippen LogP contribution in [0.1, 0.15) is 29.7 Å². The molecule has 1 heterocycles. The molecular weight excluding hydrogens is 294 g/mol. The molecule has 0 radical (unpaired) electrons. The summed E-state index contributed by atoms with van der Waals surface area (Å²) < 4.78 is 0. The number of nitrogens with zero attached hydrogens (tertiary/aromatic N) is 2. The molecule has 24 heavy (non-hydrogen) atoms. The zero-order valence-electron chi connectivity index (χ0n) is 14.0. The third-order valence-electron chi connectivity index (χ3n) is 4.05. The van der Waals surface area contributed by atoms with Crippen LogP contribution in [0.15, 0.2) is 79.0 Å². The maximum atomic E-state index is 6.04. The lowest BCUT2D eigenvalue weighted by Gasteiger charge is -2.25. The molecule has 3 heteroatoms. The van der Waals surface area contributed by atoms with Gasteiger partial charge in [-0.1, -0.05) is 60.7 Å². The SMILES string of the molecule is CC(N)c1ccnc(N(Cc2ccccc2)Cc2ccccc2)c1. The number of nitrogens with two attached hydrogens (primary N) is 1. The molecule has 1 atom stereocenters. The first-order valence-corrected chi connectivity index (χ1v) is 8.27. The first-order valence-electron chi connectivity index (χ1n) is 8.27. The second kappa shape index (κ2) is 7.75. The first-order chi connectivity index (χ1) is 11.7. The fourth-order valence-electron chi connectivity index (χ4n) is 2.72. The third kappa shape index (κ3) is 4.21. The average molecular weight is 317 g/mol. The van der Waals surface area contributed by atoms with Crippen molar-refractivity contribution in [1.29, 1.82) is 0 Å². The van der Waals surface area contributed by atoms with Crippen molar-refractivity contribution in [2.75, 3.05) is 4.90 Å². The van der Waals surface area contributed by atoms with Gasteiger partial charge in [-0.3, -0.25) is 0 Å². The minimum absolute atomic E-state index is 0.00190. The monoisotopic (exact) mass is 317 g/mol. The summed E-state index contributed by atoms with van der Waals surface area (Å²) in [7, 11) is 0. The molecule has 2 aromatic carbocycles. The molecule has 122 valence electrons. The van der Waals surface area contributed by atoms with Gasteiger partial charge in [-0.2, -0.15) is 0 Å². The number of hydrogen-bond acceptors (Lipinski definition) is 3. The molecule has 1 unspecified atom stereocenters. The fraction of sp³-hybridized carbons (Fsp3) is 0.190. The van der Waals surface area contributed by atoms with Gasteiger partial charge in [0.1, 0.15) is 5.82 Å². The maximum absolute atomic E-state index is 6.04. The van der Waals surface area contributed by atoms with Crippen molar-refractivity contribution in [2.45, 2.75) is 26.1 Å². The van der Waals surface area contributed by atoms with Crippen LogP contribution in [0.4, 0.5) is 5.82 Å². The van der Waals surface area contributed by atoms with Crippen LogP contribution >= 0.6 is 0 Å². The quantitative estimate of drug-likeness (QED) is 0.736. The molecule has 0 aliphatic rings. The second-order valence-electron chi connectivity index (χ2n) is 6.06. The lowest BCUT2D eigenvalue weighted by molar-refractivity contribution is 0.771. The van der Waals surface area contributed by atoms with Gasteiger partial charge in [0.2, 0.25) is 0 Å². The summed E-state index contributed by atoms with van der Waals surface area (Å²) in [5.41, 5.74) is 9.67. The minimum atomic E-state index is 0.00190. The predicted octanol–water partition coefficient (Wildman–Crippen LogP) is 4.31. The van der Waals surface area contributed by atoms with E-state index in [0.29, 0.717) is 0 Å². The molecule has 0 bridgehead atoms. The van der Waals surface area contributed by atoms with Gasteiger partial charge in [-0.15, -0.1) is 0 Å². The van der Waals surface area contributed by atoms with Crippen molar-refractivity contribution >= 4 is 5.82 Å². The van der Waals surface area contributed by atoms with Crippen molar-refractivity contribution in [3.8, 4) is 0 Å². The highest BCUT2D eigenvalue weighted by Gasteiger charge is 2.11. The number of hydrogen-bond donors (Lipinski definition) is 1. The number of anilines is 1. The summed E-state index contributed by atoms with van der Waals surface area (Å²) in [5, 5.41) is 0. The van der Waals surface area contributed by atoms with E-state index in [0.717, 1.165) is 24.5 Å². The molecule has 3 aromatic rings. The van der Waals surface area contributed by atoms with Crippen LogP contribution in [0.5, 0.6) is 0 Å². The Morgan fingerprint density at radius 1 is 0.875 bits per heavy atom. The van der Waals surface area contributed by atoms with Crippen LogP contribution in [0.25, 0.3) is 0 Å². The van der Waals surface area contributed by atoms with E-state index < -0.39 is 0 Å². The molecule has 0 aliphatic carbocycles. The summed E-state index contributed by atoms with van der Waals surface area (Å²) in [4.78, 5) is 6.87. The van der Waals surface area contributed by atoms with Gasteiger partial charge in [0.15, 0.2) is 0 Å². The predicted molar refractivity (Wildman–Crippen MR) is 99.6 cm³/mol. The van der Waals surface area contributed by atoms with Crippen molar-refractivity contribution in [3.63, 3.8) is 0 Å². The molecule has 0 fully saturated rings. The van der Waals surface area contributed by atoms with Gasteiger partial charge >= 0.3 is 0 Å². The van der Waals surface area contributed by atoms with Gasteiger partial charge in [0, 0.05) is 25.3 Å². The van der Waals surface area contributed by atoms with Crippen LogP contribution < -0.4 is 10.6 Å². The van der Waals surface area contributed by atoms with E-state index in [1.807, 2.05) is 31.3 Å². The van der Waals surface area contributed by atoms with E-state index in [1.165, 1.54) is 11.1 Å². The summed E-state index contributed by atoms with van der Waals surface area (Å²) >= 11 is 0. The van der Waals surface area contributed by atoms with E-state index in [1.54, 1.807) is 0 Å². The molecule has 0 saturated heterocycles. The molecular formula is C21H23N3. The highest BCUT2D eigenvalue weighted by atomic mass is 15.2. The Morgan fingerprint density at radius 3 is 1.92 bits per heavy atom. The Bertz CT molecular complexity index is 713. The Hall–Kier alpha value is -2.65.